The Kier molecular flexibility index (Phi) is 1.95. The molecule has 21 heavy (non-hydrogen) atoms. The number of carbonyl (C=O) groups excluding carboxylic acids is 2. The first-order valence-corrected chi connectivity index (χ1v) is 7.86. The molecule has 5 aliphatic rings. The molecule has 3 N–H and O–H groups in total. The highest BCUT2D eigenvalue weighted by Gasteiger charge is 2.72. The van der Waals surface area contributed by atoms with Gasteiger partial charge in [0.1, 0.15) is 0 Å². The summed E-state index contributed by atoms with van der Waals surface area (Å²) in [6.07, 6.45) is 3.51. The van der Waals surface area contributed by atoms with E-state index in [1.54, 1.807) is 0 Å². The highest BCUT2D eigenvalue weighted by Crippen LogP contribution is 2.69. The number of aliphatic carboxylic acids is 1. The standard InChI is InChI=1S/C15H18N2O4/c18-12(16-10-4-15(14(20)21)3-9(10)15)13(19)17-11-7-1-5(7)6-2-8(6)11/h5-11H,1-4H2,(H,16,18)(H,17,19)(H,20,21)/t5-,6-,7-,8-,9+,10-,15+/m1/s1. The zero-order valence-electron chi connectivity index (χ0n) is 11.5. The molecule has 0 aromatic heterocycles. The molecule has 0 saturated heterocycles. The van der Waals surface area contributed by atoms with Crippen LogP contribution in [0.2, 0.25) is 0 Å². The predicted octanol–water partition coefficient (Wildman–Crippen LogP) is -0.264. The van der Waals surface area contributed by atoms with Crippen molar-refractivity contribution in [3.8, 4) is 0 Å². The minimum Gasteiger partial charge on any atom is -0.481 e. The van der Waals surface area contributed by atoms with Crippen LogP contribution in [-0.4, -0.2) is 35.0 Å². The maximum absolute atomic E-state index is 12.0. The molecule has 0 aromatic rings. The third-order valence-electron chi connectivity index (χ3n) is 6.70. The average Bonchev–Trinajstić information content (AvgIpc) is 3.28. The zero-order chi connectivity index (χ0) is 14.5. The minimum atomic E-state index is -0.770. The Hall–Kier alpha value is -1.59. The van der Waals surface area contributed by atoms with Crippen LogP contribution in [0.15, 0.2) is 0 Å². The predicted molar refractivity (Wildman–Crippen MR) is 69.8 cm³/mol. The van der Waals surface area contributed by atoms with E-state index < -0.39 is 23.2 Å². The monoisotopic (exact) mass is 290 g/mol. The molecule has 0 unspecified atom stereocenters. The quantitative estimate of drug-likeness (QED) is 0.624. The molecular formula is C15H18N2O4. The Labute approximate surface area is 121 Å². The lowest BCUT2D eigenvalue weighted by Crippen LogP contribution is -2.53. The summed E-state index contributed by atoms with van der Waals surface area (Å²) in [5.41, 5.74) is -0.595. The van der Waals surface area contributed by atoms with Crippen molar-refractivity contribution < 1.29 is 19.5 Å². The van der Waals surface area contributed by atoms with Crippen molar-refractivity contribution in [2.75, 3.05) is 0 Å². The van der Waals surface area contributed by atoms with Gasteiger partial charge in [0.25, 0.3) is 0 Å². The van der Waals surface area contributed by atoms with Gasteiger partial charge >= 0.3 is 17.8 Å². The summed E-state index contributed by atoms with van der Waals surface area (Å²) in [6, 6.07) is 0.0731. The van der Waals surface area contributed by atoms with E-state index in [4.69, 9.17) is 5.11 Å². The molecule has 7 atom stereocenters. The second kappa shape index (κ2) is 3.42. The summed E-state index contributed by atoms with van der Waals surface area (Å²) in [6.45, 7) is 0. The third-order valence-corrected chi connectivity index (χ3v) is 6.70. The summed E-state index contributed by atoms with van der Waals surface area (Å²) in [5, 5.41) is 14.7. The molecule has 0 aromatic carbocycles. The molecule has 0 bridgehead atoms. The summed E-state index contributed by atoms with van der Waals surface area (Å²) in [7, 11) is 0. The maximum Gasteiger partial charge on any atom is 0.310 e. The third kappa shape index (κ3) is 1.45. The molecule has 2 amide bonds. The number of nitrogens with one attached hydrogen (secondary N) is 2. The lowest BCUT2D eigenvalue weighted by atomic mass is 9.80. The fourth-order valence-corrected chi connectivity index (χ4v) is 5.22. The highest BCUT2D eigenvalue weighted by molar-refractivity contribution is 6.35. The van der Waals surface area contributed by atoms with E-state index in [9.17, 15) is 14.4 Å². The SMILES string of the molecule is O=C(NC1[C@@H]2C[C@@H]2[C@H]2C[C@@H]12)C(=O)N[C@@H]1C[C@@]2(C(=O)O)C[C@@H]12. The normalized spacial score (nSPS) is 53.4. The van der Waals surface area contributed by atoms with Crippen LogP contribution in [-0.2, 0) is 14.4 Å². The Bertz CT molecular complexity index is 574. The van der Waals surface area contributed by atoms with Gasteiger partial charge in [-0.3, -0.25) is 14.4 Å². The summed E-state index contributed by atoms with van der Waals surface area (Å²) < 4.78 is 0. The van der Waals surface area contributed by atoms with Gasteiger partial charge in [0, 0.05) is 12.1 Å². The summed E-state index contributed by atoms with van der Waals surface area (Å²) in [5.74, 6) is 0.954. The van der Waals surface area contributed by atoms with Gasteiger partial charge in [-0.2, -0.15) is 0 Å². The van der Waals surface area contributed by atoms with Gasteiger partial charge in [-0.05, 0) is 55.3 Å². The van der Waals surface area contributed by atoms with E-state index in [1.165, 1.54) is 12.8 Å². The topological polar surface area (TPSA) is 95.5 Å². The first kappa shape index (κ1) is 12.0. The summed E-state index contributed by atoms with van der Waals surface area (Å²) >= 11 is 0. The van der Waals surface area contributed by atoms with Crippen molar-refractivity contribution in [1.82, 2.24) is 10.6 Å². The molecule has 6 heteroatoms. The number of amides is 2. The molecule has 5 saturated carbocycles. The smallest absolute Gasteiger partial charge is 0.310 e. The van der Waals surface area contributed by atoms with Crippen LogP contribution in [0.25, 0.3) is 0 Å². The van der Waals surface area contributed by atoms with E-state index in [0.29, 0.717) is 24.7 Å². The van der Waals surface area contributed by atoms with Crippen molar-refractivity contribution in [1.29, 1.82) is 0 Å². The Morgan fingerprint density at radius 3 is 2.05 bits per heavy atom. The number of hydrogen-bond acceptors (Lipinski definition) is 3. The molecule has 5 fully saturated rings. The van der Waals surface area contributed by atoms with E-state index >= 15 is 0 Å². The van der Waals surface area contributed by atoms with Gasteiger partial charge in [0.2, 0.25) is 0 Å². The molecule has 0 heterocycles. The minimum absolute atomic E-state index is 0.0267. The zero-order valence-corrected chi connectivity index (χ0v) is 11.5. The Balaban J connectivity index is 1.15. The molecule has 0 spiro atoms. The Morgan fingerprint density at radius 1 is 0.905 bits per heavy atom. The number of carboxylic acids is 1. The van der Waals surface area contributed by atoms with E-state index in [0.717, 1.165) is 11.8 Å². The van der Waals surface area contributed by atoms with Crippen LogP contribution in [0, 0.1) is 35.0 Å². The number of rotatable bonds is 3. The van der Waals surface area contributed by atoms with Crippen LogP contribution in [0.3, 0.4) is 0 Å². The van der Waals surface area contributed by atoms with Crippen molar-refractivity contribution in [3.05, 3.63) is 0 Å². The maximum atomic E-state index is 12.0. The molecule has 112 valence electrons. The largest absolute Gasteiger partial charge is 0.481 e. The van der Waals surface area contributed by atoms with Crippen molar-refractivity contribution in [3.63, 3.8) is 0 Å². The van der Waals surface area contributed by atoms with Gasteiger partial charge < -0.3 is 15.7 Å². The van der Waals surface area contributed by atoms with Gasteiger partial charge in [0.15, 0.2) is 0 Å². The lowest BCUT2D eigenvalue weighted by molar-refractivity contribution is -0.148. The van der Waals surface area contributed by atoms with Crippen LogP contribution in [0.5, 0.6) is 0 Å². The van der Waals surface area contributed by atoms with Crippen LogP contribution >= 0.6 is 0 Å². The molecule has 5 rings (SSSR count). The van der Waals surface area contributed by atoms with Gasteiger partial charge in [-0.15, -0.1) is 0 Å². The fourth-order valence-electron chi connectivity index (χ4n) is 5.22. The van der Waals surface area contributed by atoms with Crippen LogP contribution < -0.4 is 10.6 Å². The fraction of sp³-hybridized carbons (Fsp3) is 0.800. The molecule has 5 aliphatic carbocycles. The van der Waals surface area contributed by atoms with E-state index in [-0.39, 0.29) is 18.0 Å². The second-order valence-corrected chi connectivity index (χ2v) is 7.68. The number of carboxylic acid groups (broad SMARTS) is 1. The first-order valence-electron chi connectivity index (χ1n) is 7.86. The second-order valence-electron chi connectivity index (χ2n) is 7.68. The summed E-state index contributed by atoms with van der Waals surface area (Å²) in [4.78, 5) is 35.0. The molecule has 6 nitrogen and oxygen atoms in total. The van der Waals surface area contributed by atoms with Crippen molar-refractivity contribution in [2.24, 2.45) is 35.0 Å². The van der Waals surface area contributed by atoms with Gasteiger partial charge in [-0.1, -0.05) is 0 Å². The van der Waals surface area contributed by atoms with Crippen molar-refractivity contribution >= 4 is 17.8 Å². The van der Waals surface area contributed by atoms with Crippen LogP contribution in [0.4, 0.5) is 0 Å². The molecular weight excluding hydrogens is 272 g/mol. The number of hydrogen-bond donors (Lipinski definition) is 3. The average molecular weight is 290 g/mol. The van der Waals surface area contributed by atoms with Crippen molar-refractivity contribution in [2.45, 2.75) is 37.8 Å². The first-order chi connectivity index (χ1) is 10.0. The molecule has 0 radical (unpaired) electrons. The van der Waals surface area contributed by atoms with Crippen LogP contribution in [0.1, 0.15) is 25.7 Å². The van der Waals surface area contributed by atoms with E-state index in [2.05, 4.69) is 10.6 Å². The number of fused-ring (bicyclic) bond motifs is 4. The molecule has 0 aliphatic heterocycles. The lowest BCUT2D eigenvalue weighted by Gasteiger charge is -2.32. The van der Waals surface area contributed by atoms with Gasteiger partial charge in [0.05, 0.1) is 5.41 Å². The highest BCUT2D eigenvalue weighted by atomic mass is 16.4. The van der Waals surface area contributed by atoms with Gasteiger partial charge in [-0.25, -0.2) is 0 Å². The van der Waals surface area contributed by atoms with E-state index in [1.807, 2.05) is 0 Å². The Morgan fingerprint density at radius 2 is 1.52 bits per heavy atom. The number of carbonyl (C=O) groups is 3.